The van der Waals surface area contributed by atoms with E-state index in [1.807, 2.05) is 0 Å². The molecule has 0 aliphatic heterocycles. The van der Waals surface area contributed by atoms with Gasteiger partial charge in [-0.05, 0) is 25.8 Å². The number of esters is 1. The van der Waals surface area contributed by atoms with Gasteiger partial charge in [-0.1, -0.05) is 6.42 Å². The topological polar surface area (TPSA) is 44.1 Å². The van der Waals surface area contributed by atoms with Crippen LogP contribution in [0.4, 0.5) is 13.2 Å². The molecule has 0 atom stereocenters. The summed E-state index contributed by atoms with van der Waals surface area (Å²) in [5, 5.41) is 3.44. The molecule has 4 nitrogen and oxygen atoms in total. The summed E-state index contributed by atoms with van der Waals surface area (Å²) in [6.07, 6.45) is -0.630. The first-order chi connectivity index (χ1) is 8.93. The normalized spacial score (nSPS) is 11.6. The monoisotopic (exact) mass is 278 g/mol. The smallest absolute Gasteiger partial charge is 0.435 e. The average Bonchev–Trinajstić information content (AvgIpc) is 2.77. The fourth-order valence-electron chi connectivity index (χ4n) is 1.59. The number of ether oxygens (including phenoxy) is 1. The van der Waals surface area contributed by atoms with Gasteiger partial charge in [-0.15, -0.1) is 0 Å². The van der Waals surface area contributed by atoms with Gasteiger partial charge in [-0.25, -0.2) is 0 Å². The van der Waals surface area contributed by atoms with Gasteiger partial charge >= 0.3 is 12.1 Å². The molecule has 0 saturated heterocycles. The number of halogens is 3. The molecule has 0 aliphatic carbocycles. The Morgan fingerprint density at radius 2 is 2.11 bits per heavy atom. The number of alkyl halides is 3. The van der Waals surface area contributed by atoms with Gasteiger partial charge in [0.15, 0.2) is 5.69 Å². The molecule has 0 amide bonds. The second-order valence-corrected chi connectivity index (χ2v) is 4.08. The van der Waals surface area contributed by atoms with Gasteiger partial charge < -0.3 is 4.74 Å². The highest BCUT2D eigenvalue weighted by atomic mass is 19.4. The predicted molar refractivity (Wildman–Crippen MR) is 62.3 cm³/mol. The maximum Gasteiger partial charge on any atom is 0.435 e. The van der Waals surface area contributed by atoms with E-state index < -0.39 is 11.9 Å². The first kappa shape index (κ1) is 15.5. The van der Waals surface area contributed by atoms with Crippen LogP contribution in [-0.2, 0) is 22.3 Å². The van der Waals surface area contributed by atoms with E-state index in [9.17, 15) is 18.0 Å². The lowest BCUT2D eigenvalue weighted by atomic mass is 10.2. The average molecular weight is 278 g/mol. The summed E-state index contributed by atoms with van der Waals surface area (Å²) in [7, 11) is 0. The third kappa shape index (κ3) is 5.76. The summed E-state index contributed by atoms with van der Waals surface area (Å²) in [6.45, 7) is 2.53. The Bertz CT molecular complexity index is 402. The van der Waals surface area contributed by atoms with E-state index in [1.54, 1.807) is 6.92 Å². The molecule has 0 spiro atoms. The van der Waals surface area contributed by atoms with Crippen molar-refractivity contribution in [2.45, 2.75) is 45.3 Å². The molecule has 1 aromatic heterocycles. The Labute approximate surface area is 109 Å². The van der Waals surface area contributed by atoms with Gasteiger partial charge in [0.25, 0.3) is 0 Å². The van der Waals surface area contributed by atoms with Crippen LogP contribution in [0.3, 0.4) is 0 Å². The number of carbonyl (C=O) groups is 1. The minimum Gasteiger partial charge on any atom is -0.466 e. The number of carbonyl (C=O) groups excluding carboxylic acids is 1. The van der Waals surface area contributed by atoms with E-state index in [4.69, 9.17) is 4.74 Å². The number of hydrogen-bond donors (Lipinski definition) is 0. The fourth-order valence-corrected chi connectivity index (χ4v) is 1.59. The molecule has 0 unspecified atom stereocenters. The van der Waals surface area contributed by atoms with Gasteiger partial charge in [-0.3, -0.25) is 9.48 Å². The Hall–Kier alpha value is -1.53. The molecular formula is C12H17F3N2O2. The number of rotatable bonds is 7. The number of aromatic nitrogens is 2. The zero-order valence-electron chi connectivity index (χ0n) is 10.7. The second kappa shape index (κ2) is 7.16. The molecular weight excluding hydrogens is 261 g/mol. The van der Waals surface area contributed by atoms with Crippen LogP contribution in [0.15, 0.2) is 12.3 Å². The second-order valence-electron chi connectivity index (χ2n) is 4.08. The van der Waals surface area contributed by atoms with Crippen molar-refractivity contribution in [2.24, 2.45) is 0 Å². The Kier molecular flexibility index (Phi) is 5.85. The van der Waals surface area contributed by atoms with Crippen LogP contribution in [0, 0.1) is 0 Å². The zero-order valence-corrected chi connectivity index (χ0v) is 10.7. The van der Waals surface area contributed by atoms with Crippen LogP contribution in [0.25, 0.3) is 0 Å². The summed E-state index contributed by atoms with van der Waals surface area (Å²) < 4.78 is 42.9. The van der Waals surface area contributed by atoms with Crippen molar-refractivity contribution in [3.05, 3.63) is 18.0 Å². The molecule has 0 fully saturated rings. The van der Waals surface area contributed by atoms with E-state index >= 15 is 0 Å². The first-order valence-electron chi connectivity index (χ1n) is 6.19. The van der Waals surface area contributed by atoms with Crippen molar-refractivity contribution in [1.29, 1.82) is 0 Å². The minimum absolute atomic E-state index is 0.235. The summed E-state index contributed by atoms with van der Waals surface area (Å²) >= 11 is 0. The third-order valence-corrected chi connectivity index (χ3v) is 2.50. The quantitative estimate of drug-likeness (QED) is 0.569. The van der Waals surface area contributed by atoms with Gasteiger partial charge in [0, 0.05) is 19.2 Å². The van der Waals surface area contributed by atoms with Crippen molar-refractivity contribution in [3.8, 4) is 0 Å². The van der Waals surface area contributed by atoms with Gasteiger partial charge in [0.2, 0.25) is 0 Å². The Morgan fingerprint density at radius 1 is 1.37 bits per heavy atom. The molecule has 0 radical (unpaired) electrons. The number of aryl methyl sites for hydroxylation is 1. The molecule has 0 aromatic carbocycles. The first-order valence-corrected chi connectivity index (χ1v) is 6.19. The van der Waals surface area contributed by atoms with E-state index in [0.29, 0.717) is 32.4 Å². The van der Waals surface area contributed by atoms with Crippen LogP contribution < -0.4 is 0 Å². The lowest BCUT2D eigenvalue weighted by molar-refractivity contribution is -0.143. The van der Waals surface area contributed by atoms with E-state index in [1.165, 1.54) is 10.9 Å². The fraction of sp³-hybridized carbons (Fsp3) is 0.667. The molecule has 0 bridgehead atoms. The van der Waals surface area contributed by atoms with Crippen LogP contribution in [0.5, 0.6) is 0 Å². The Balaban J connectivity index is 2.20. The molecule has 1 aromatic rings. The van der Waals surface area contributed by atoms with E-state index in [0.717, 1.165) is 12.5 Å². The highest BCUT2D eigenvalue weighted by Crippen LogP contribution is 2.27. The molecule has 0 aliphatic rings. The van der Waals surface area contributed by atoms with Gasteiger partial charge in [0.05, 0.1) is 6.61 Å². The Morgan fingerprint density at radius 3 is 2.68 bits per heavy atom. The predicted octanol–water partition coefficient (Wildman–Crippen LogP) is 3.03. The highest BCUT2D eigenvalue weighted by molar-refractivity contribution is 5.69. The zero-order chi connectivity index (χ0) is 14.3. The van der Waals surface area contributed by atoms with Crippen molar-refractivity contribution in [2.75, 3.05) is 6.61 Å². The molecule has 0 N–H and O–H groups in total. The van der Waals surface area contributed by atoms with Crippen LogP contribution in [0.2, 0.25) is 0 Å². The maximum atomic E-state index is 12.3. The lowest BCUT2D eigenvalue weighted by Gasteiger charge is -2.03. The highest BCUT2D eigenvalue weighted by Gasteiger charge is 2.33. The van der Waals surface area contributed by atoms with Gasteiger partial charge in [-0.2, -0.15) is 18.3 Å². The van der Waals surface area contributed by atoms with Crippen LogP contribution in [0.1, 0.15) is 38.3 Å². The number of nitrogens with zero attached hydrogens (tertiary/aromatic N) is 2. The minimum atomic E-state index is -4.39. The molecule has 1 rings (SSSR count). The van der Waals surface area contributed by atoms with Crippen LogP contribution >= 0.6 is 0 Å². The largest absolute Gasteiger partial charge is 0.466 e. The third-order valence-electron chi connectivity index (χ3n) is 2.50. The molecule has 1 heterocycles. The van der Waals surface area contributed by atoms with Crippen LogP contribution in [-0.4, -0.2) is 22.4 Å². The van der Waals surface area contributed by atoms with Crippen molar-refractivity contribution < 1.29 is 22.7 Å². The molecule has 108 valence electrons. The summed E-state index contributed by atoms with van der Waals surface area (Å²) in [5.74, 6) is -0.235. The lowest BCUT2D eigenvalue weighted by Crippen LogP contribution is -2.08. The number of unbranched alkanes of at least 4 members (excludes halogenated alkanes) is 2. The standard InChI is InChI=1S/C12H17F3N2O2/c1-2-19-11(18)6-4-3-5-8-17-9-7-10(16-17)12(13,14)15/h7,9H,2-6,8H2,1H3. The summed E-state index contributed by atoms with van der Waals surface area (Å²) in [4.78, 5) is 11.0. The molecule has 0 saturated carbocycles. The van der Waals surface area contributed by atoms with Crippen molar-refractivity contribution in [3.63, 3.8) is 0 Å². The van der Waals surface area contributed by atoms with Crippen molar-refractivity contribution in [1.82, 2.24) is 9.78 Å². The van der Waals surface area contributed by atoms with E-state index in [-0.39, 0.29) is 5.97 Å². The molecule has 7 heteroatoms. The SMILES string of the molecule is CCOC(=O)CCCCCn1ccc(C(F)(F)F)n1. The van der Waals surface area contributed by atoms with Gasteiger partial charge in [0.1, 0.15) is 0 Å². The summed E-state index contributed by atoms with van der Waals surface area (Å²) in [5.41, 5.74) is -0.876. The maximum absolute atomic E-state index is 12.3. The molecule has 19 heavy (non-hydrogen) atoms. The van der Waals surface area contributed by atoms with Crippen molar-refractivity contribution >= 4 is 5.97 Å². The van der Waals surface area contributed by atoms with E-state index in [2.05, 4.69) is 5.10 Å². The number of hydrogen-bond acceptors (Lipinski definition) is 3. The summed E-state index contributed by atoms with van der Waals surface area (Å²) in [6, 6.07) is 0.957.